The van der Waals surface area contributed by atoms with Crippen molar-refractivity contribution in [3.63, 3.8) is 0 Å². The summed E-state index contributed by atoms with van der Waals surface area (Å²) in [7, 11) is 2.94. The van der Waals surface area contributed by atoms with E-state index >= 15 is 0 Å². The second-order valence-corrected chi connectivity index (χ2v) is 9.17. The van der Waals surface area contributed by atoms with Gasteiger partial charge in [-0.15, -0.1) is 0 Å². The summed E-state index contributed by atoms with van der Waals surface area (Å²) in [5.74, 6) is -0.351. The van der Waals surface area contributed by atoms with Crippen molar-refractivity contribution in [2.75, 3.05) is 14.2 Å². The maximum Gasteiger partial charge on any atom is 0.337 e. The molecule has 154 valence electrons. The number of aryl methyl sites for hydroxylation is 1. The van der Waals surface area contributed by atoms with Crippen molar-refractivity contribution in [2.24, 2.45) is 5.16 Å². The molecule has 0 saturated heterocycles. The molecule has 3 rings (SSSR count). The van der Waals surface area contributed by atoms with E-state index in [1.54, 1.807) is 19.2 Å². The average molecular weight is 394 g/mol. The van der Waals surface area contributed by atoms with Crippen LogP contribution < -0.4 is 0 Å². The number of carbonyl (C=O) groups is 1. The molecular weight excluding hydrogens is 362 g/mol. The standard InChI is InChI=1S/C25H31NO3/c1-16-14-20-21(25(4,5)13-12-24(20,2)3)15-19(16)22(26-29-7)17-8-10-18(11-9-17)23(27)28-6/h8-11,14-15H,12-13H2,1-7H3/b26-22+. The Morgan fingerprint density at radius 2 is 1.41 bits per heavy atom. The molecule has 2 aromatic rings. The molecule has 0 N–H and O–H groups in total. The molecule has 0 spiro atoms. The van der Waals surface area contributed by atoms with Gasteiger partial charge in [-0.1, -0.05) is 51.0 Å². The monoisotopic (exact) mass is 393 g/mol. The third kappa shape index (κ3) is 3.93. The highest BCUT2D eigenvalue weighted by Gasteiger charge is 2.37. The zero-order valence-electron chi connectivity index (χ0n) is 18.6. The second-order valence-electron chi connectivity index (χ2n) is 9.17. The number of benzene rings is 2. The van der Waals surface area contributed by atoms with Gasteiger partial charge in [-0.05, 0) is 65.5 Å². The van der Waals surface area contributed by atoms with Crippen LogP contribution in [0.5, 0.6) is 0 Å². The quantitative estimate of drug-likeness (QED) is 0.390. The third-order valence-corrected chi connectivity index (χ3v) is 6.21. The van der Waals surface area contributed by atoms with Crippen molar-refractivity contribution in [3.05, 3.63) is 69.8 Å². The zero-order valence-corrected chi connectivity index (χ0v) is 18.6. The number of methoxy groups -OCH3 is 1. The number of rotatable bonds is 4. The van der Waals surface area contributed by atoms with E-state index in [1.807, 2.05) is 12.1 Å². The first-order chi connectivity index (χ1) is 13.6. The fourth-order valence-electron chi connectivity index (χ4n) is 4.21. The van der Waals surface area contributed by atoms with Crippen LogP contribution in [0.2, 0.25) is 0 Å². The molecule has 0 bridgehead atoms. The van der Waals surface area contributed by atoms with E-state index in [2.05, 4.69) is 51.9 Å². The van der Waals surface area contributed by atoms with E-state index < -0.39 is 0 Å². The van der Waals surface area contributed by atoms with Crippen LogP contribution in [0.25, 0.3) is 0 Å². The summed E-state index contributed by atoms with van der Waals surface area (Å²) in [6.07, 6.45) is 2.33. The predicted octanol–water partition coefficient (Wildman–Crippen LogP) is 5.53. The number of carbonyl (C=O) groups excluding carboxylic acids is 1. The Bertz CT molecular complexity index is 953. The summed E-state index contributed by atoms with van der Waals surface area (Å²) in [6.45, 7) is 11.4. The van der Waals surface area contributed by atoms with Crippen LogP contribution in [-0.2, 0) is 20.4 Å². The predicted molar refractivity (Wildman–Crippen MR) is 117 cm³/mol. The highest BCUT2D eigenvalue weighted by molar-refractivity contribution is 6.14. The van der Waals surface area contributed by atoms with Crippen LogP contribution in [0.1, 0.15) is 78.7 Å². The number of nitrogens with zero attached hydrogens (tertiary/aromatic N) is 1. The van der Waals surface area contributed by atoms with Crippen LogP contribution in [-0.4, -0.2) is 25.9 Å². The minimum absolute atomic E-state index is 0.111. The highest BCUT2D eigenvalue weighted by atomic mass is 16.6. The molecule has 0 radical (unpaired) electrons. The summed E-state index contributed by atoms with van der Waals surface area (Å²) >= 11 is 0. The Balaban J connectivity index is 2.14. The van der Waals surface area contributed by atoms with Crippen molar-refractivity contribution in [3.8, 4) is 0 Å². The molecule has 0 amide bonds. The molecule has 0 aliphatic heterocycles. The Kier molecular flexibility index (Phi) is 5.57. The van der Waals surface area contributed by atoms with E-state index in [0.29, 0.717) is 5.56 Å². The number of fused-ring (bicyclic) bond motifs is 1. The SMILES string of the molecule is CO/N=C(\c1ccc(C(=O)OC)cc1)c1cc2c(cc1C)C(C)(C)CCC2(C)C. The summed E-state index contributed by atoms with van der Waals surface area (Å²) in [5.41, 5.74) is 7.48. The lowest BCUT2D eigenvalue weighted by molar-refractivity contribution is 0.0600. The molecule has 2 aromatic carbocycles. The van der Waals surface area contributed by atoms with Crippen LogP contribution in [0.3, 0.4) is 0 Å². The number of hydrogen-bond acceptors (Lipinski definition) is 4. The first-order valence-electron chi connectivity index (χ1n) is 10.1. The van der Waals surface area contributed by atoms with Gasteiger partial charge in [-0.25, -0.2) is 4.79 Å². The van der Waals surface area contributed by atoms with Crippen molar-refractivity contribution >= 4 is 11.7 Å². The second kappa shape index (κ2) is 7.66. The smallest absolute Gasteiger partial charge is 0.337 e. The van der Waals surface area contributed by atoms with Crippen LogP contribution >= 0.6 is 0 Å². The summed E-state index contributed by atoms with van der Waals surface area (Å²) in [4.78, 5) is 17.0. The first-order valence-corrected chi connectivity index (χ1v) is 10.1. The number of oxime groups is 1. The van der Waals surface area contributed by atoms with Gasteiger partial charge in [0.15, 0.2) is 0 Å². The fraction of sp³-hybridized carbons (Fsp3) is 0.440. The molecule has 29 heavy (non-hydrogen) atoms. The van der Waals surface area contributed by atoms with Gasteiger partial charge >= 0.3 is 5.97 Å². The maximum absolute atomic E-state index is 11.8. The van der Waals surface area contributed by atoms with Crippen molar-refractivity contribution in [1.82, 2.24) is 0 Å². The largest absolute Gasteiger partial charge is 0.465 e. The van der Waals surface area contributed by atoms with Gasteiger partial charge in [0.1, 0.15) is 12.8 Å². The Labute approximate surface area is 173 Å². The zero-order chi connectivity index (χ0) is 21.4. The van der Waals surface area contributed by atoms with Crippen LogP contribution in [0.4, 0.5) is 0 Å². The number of ether oxygens (including phenoxy) is 1. The molecule has 4 heteroatoms. The molecule has 1 aliphatic carbocycles. The van der Waals surface area contributed by atoms with Gasteiger partial charge in [0.05, 0.1) is 12.7 Å². The highest BCUT2D eigenvalue weighted by Crippen LogP contribution is 2.46. The molecule has 0 unspecified atom stereocenters. The van der Waals surface area contributed by atoms with Crippen LogP contribution in [0, 0.1) is 6.92 Å². The van der Waals surface area contributed by atoms with Gasteiger partial charge in [-0.3, -0.25) is 0 Å². The number of hydrogen-bond donors (Lipinski definition) is 0. The normalized spacial score (nSPS) is 17.4. The topological polar surface area (TPSA) is 47.9 Å². The lowest BCUT2D eigenvalue weighted by Crippen LogP contribution is -2.34. The van der Waals surface area contributed by atoms with E-state index in [1.165, 1.54) is 30.2 Å². The Hall–Kier alpha value is -2.62. The van der Waals surface area contributed by atoms with E-state index in [4.69, 9.17) is 9.57 Å². The minimum Gasteiger partial charge on any atom is -0.465 e. The van der Waals surface area contributed by atoms with Crippen molar-refractivity contribution < 1.29 is 14.4 Å². The maximum atomic E-state index is 11.8. The Morgan fingerprint density at radius 1 is 0.897 bits per heavy atom. The van der Waals surface area contributed by atoms with Gasteiger partial charge in [0.25, 0.3) is 0 Å². The van der Waals surface area contributed by atoms with Gasteiger partial charge in [-0.2, -0.15) is 0 Å². The fourth-order valence-corrected chi connectivity index (χ4v) is 4.21. The molecule has 0 atom stereocenters. The Morgan fingerprint density at radius 3 is 1.93 bits per heavy atom. The molecule has 4 nitrogen and oxygen atoms in total. The molecule has 0 heterocycles. The van der Waals surface area contributed by atoms with Crippen LogP contribution in [0.15, 0.2) is 41.6 Å². The molecular formula is C25H31NO3. The molecule has 0 aromatic heterocycles. The third-order valence-electron chi connectivity index (χ3n) is 6.21. The number of esters is 1. The summed E-state index contributed by atoms with van der Waals surface area (Å²) in [5, 5.41) is 4.35. The molecule has 0 fully saturated rings. The summed E-state index contributed by atoms with van der Waals surface area (Å²) < 4.78 is 4.80. The van der Waals surface area contributed by atoms with Gasteiger partial charge < -0.3 is 9.57 Å². The van der Waals surface area contributed by atoms with E-state index in [-0.39, 0.29) is 16.8 Å². The molecule has 1 aliphatic rings. The lowest BCUT2D eigenvalue weighted by Gasteiger charge is -2.42. The van der Waals surface area contributed by atoms with Gasteiger partial charge in [0.2, 0.25) is 0 Å². The van der Waals surface area contributed by atoms with E-state index in [0.717, 1.165) is 23.3 Å². The van der Waals surface area contributed by atoms with Gasteiger partial charge in [0, 0.05) is 11.1 Å². The first kappa shape index (κ1) is 21.1. The average Bonchev–Trinajstić information content (AvgIpc) is 2.69. The molecule has 0 saturated carbocycles. The van der Waals surface area contributed by atoms with E-state index in [9.17, 15) is 4.79 Å². The van der Waals surface area contributed by atoms with Crippen molar-refractivity contribution in [1.29, 1.82) is 0 Å². The summed E-state index contributed by atoms with van der Waals surface area (Å²) in [6, 6.07) is 11.9. The minimum atomic E-state index is -0.351. The lowest BCUT2D eigenvalue weighted by atomic mass is 9.62. The van der Waals surface area contributed by atoms with Crippen molar-refractivity contribution in [2.45, 2.75) is 58.3 Å².